The van der Waals surface area contributed by atoms with E-state index >= 15 is 0 Å². The molecule has 3 nitrogen and oxygen atoms in total. The number of ether oxygens (including phenoxy) is 2. The van der Waals surface area contributed by atoms with Crippen LogP contribution in [0.4, 0.5) is 0 Å². The molecule has 2 atom stereocenters. The SMILES string of the molecule is COCCC(C)NC1CCCOc2cc(Br)ccc21. The Morgan fingerprint density at radius 1 is 1.53 bits per heavy atom. The fraction of sp³-hybridized carbons (Fsp3) is 0.600. The Kier molecular flexibility index (Phi) is 5.67. The number of hydrogen-bond acceptors (Lipinski definition) is 3. The van der Waals surface area contributed by atoms with Crippen LogP contribution in [0.3, 0.4) is 0 Å². The van der Waals surface area contributed by atoms with Gasteiger partial charge in [0.2, 0.25) is 0 Å². The lowest BCUT2D eigenvalue weighted by molar-refractivity contribution is 0.182. The Morgan fingerprint density at radius 2 is 2.37 bits per heavy atom. The molecule has 1 aliphatic rings. The maximum absolute atomic E-state index is 5.83. The van der Waals surface area contributed by atoms with Crippen molar-refractivity contribution >= 4 is 15.9 Å². The van der Waals surface area contributed by atoms with E-state index in [2.05, 4.69) is 46.4 Å². The molecule has 0 saturated carbocycles. The molecule has 0 aromatic heterocycles. The highest BCUT2D eigenvalue weighted by Crippen LogP contribution is 2.34. The maximum atomic E-state index is 5.83. The van der Waals surface area contributed by atoms with E-state index in [9.17, 15) is 0 Å². The predicted octanol–water partition coefficient (Wildman–Crippen LogP) is 3.68. The molecule has 1 aromatic carbocycles. The number of benzene rings is 1. The number of nitrogens with one attached hydrogen (secondary N) is 1. The lowest BCUT2D eigenvalue weighted by atomic mass is 10.0. The van der Waals surface area contributed by atoms with E-state index in [1.807, 2.05) is 0 Å². The summed E-state index contributed by atoms with van der Waals surface area (Å²) in [5.74, 6) is 1.00. The van der Waals surface area contributed by atoms with Crippen molar-refractivity contribution in [2.75, 3.05) is 20.3 Å². The van der Waals surface area contributed by atoms with Crippen LogP contribution in [0.1, 0.15) is 37.8 Å². The zero-order valence-corrected chi connectivity index (χ0v) is 13.2. The number of halogens is 1. The Morgan fingerprint density at radius 3 is 3.16 bits per heavy atom. The first-order chi connectivity index (χ1) is 9.20. The smallest absolute Gasteiger partial charge is 0.125 e. The first-order valence-electron chi connectivity index (χ1n) is 6.88. The van der Waals surface area contributed by atoms with E-state index in [0.29, 0.717) is 12.1 Å². The van der Waals surface area contributed by atoms with Crippen LogP contribution in [0.2, 0.25) is 0 Å². The van der Waals surface area contributed by atoms with Crippen molar-refractivity contribution in [3.8, 4) is 5.75 Å². The second-order valence-corrected chi connectivity index (χ2v) is 5.99. The van der Waals surface area contributed by atoms with Crippen LogP contribution < -0.4 is 10.1 Å². The highest BCUT2D eigenvalue weighted by Gasteiger charge is 2.21. The van der Waals surface area contributed by atoms with Crippen molar-refractivity contribution < 1.29 is 9.47 Å². The molecule has 1 aliphatic heterocycles. The molecule has 0 fully saturated rings. The van der Waals surface area contributed by atoms with Crippen LogP contribution in [0.5, 0.6) is 5.75 Å². The predicted molar refractivity (Wildman–Crippen MR) is 80.7 cm³/mol. The van der Waals surface area contributed by atoms with Gasteiger partial charge in [-0.05, 0) is 38.3 Å². The van der Waals surface area contributed by atoms with Gasteiger partial charge in [-0.25, -0.2) is 0 Å². The fourth-order valence-electron chi connectivity index (χ4n) is 2.44. The second kappa shape index (κ2) is 7.27. The summed E-state index contributed by atoms with van der Waals surface area (Å²) >= 11 is 3.50. The standard InChI is InChI=1S/C15H22BrNO2/c1-11(7-9-18-2)17-14-4-3-8-19-15-10-12(16)5-6-13(14)15/h5-6,10-11,14,17H,3-4,7-9H2,1-2H3. The van der Waals surface area contributed by atoms with E-state index in [0.717, 1.165) is 42.7 Å². The summed E-state index contributed by atoms with van der Waals surface area (Å²) < 4.78 is 12.0. The molecule has 2 unspecified atom stereocenters. The molecule has 0 aliphatic carbocycles. The van der Waals surface area contributed by atoms with Gasteiger partial charge in [-0.3, -0.25) is 0 Å². The van der Waals surface area contributed by atoms with Crippen LogP contribution in [0.15, 0.2) is 22.7 Å². The minimum Gasteiger partial charge on any atom is -0.493 e. The third-order valence-electron chi connectivity index (χ3n) is 3.49. The van der Waals surface area contributed by atoms with Gasteiger partial charge in [-0.15, -0.1) is 0 Å². The molecule has 19 heavy (non-hydrogen) atoms. The Hall–Kier alpha value is -0.580. The largest absolute Gasteiger partial charge is 0.493 e. The number of fused-ring (bicyclic) bond motifs is 1. The van der Waals surface area contributed by atoms with Crippen molar-refractivity contribution in [2.45, 2.75) is 38.3 Å². The van der Waals surface area contributed by atoms with E-state index in [-0.39, 0.29) is 0 Å². The van der Waals surface area contributed by atoms with E-state index in [4.69, 9.17) is 9.47 Å². The minimum atomic E-state index is 0.373. The molecule has 0 bridgehead atoms. The van der Waals surface area contributed by atoms with Gasteiger partial charge in [0, 0.05) is 35.8 Å². The van der Waals surface area contributed by atoms with Crippen molar-refractivity contribution in [2.24, 2.45) is 0 Å². The summed E-state index contributed by atoms with van der Waals surface area (Å²) in [5, 5.41) is 3.69. The van der Waals surface area contributed by atoms with E-state index in [1.165, 1.54) is 5.56 Å². The third-order valence-corrected chi connectivity index (χ3v) is 3.98. The molecule has 106 valence electrons. The summed E-state index contributed by atoms with van der Waals surface area (Å²) in [5.41, 5.74) is 1.27. The topological polar surface area (TPSA) is 30.5 Å². The molecule has 1 heterocycles. The summed E-state index contributed by atoms with van der Waals surface area (Å²) in [6, 6.07) is 7.12. The van der Waals surface area contributed by atoms with Crippen molar-refractivity contribution in [1.29, 1.82) is 0 Å². The summed E-state index contributed by atoms with van der Waals surface area (Å²) in [4.78, 5) is 0. The van der Waals surface area contributed by atoms with E-state index in [1.54, 1.807) is 7.11 Å². The van der Waals surface area contributed by atoms with Gasteiger partial charge in [0.25, 0.3) is 0 Å². The van der Waals surface area contributed by atoms with Crippen LogP contribution >= 0.6 is 15.9 Å². The Labute approximate surface area is 123 Å². The average molecular weight is 328 g/mol. The quantitative estimate of drug-likeness (QED) is 0.894. The molecule has 1 N–H and O–H groups in total. The zero-order chi connectivity index (χ0) is 13.7. The highest BCUT2D eigenvalue weighted by molar-refractivity contribution is 9.10. The minimum absolute atomic E-state index is 0.373. The molecular formula is C15H22BrNO2. The molecule has 0 radical (unpaired) electrons. The Balaban J connectivity index is 2.08. The monoisotopic (exact) mass is 327 g/mol. The molecule has 0 saturated heterocycles. The summed E-state index contributed by atoms with van der Waals surface area (Å²) in [7, 11) is 1.75. The van der Waals surface area contributed by atoms with Crippen molar-refractivity contribution in [3.63, 3.8) is 0 Å². The molecule has 1 aromatic rings. The molecule has 0 amide bonds. The third kappa shape index (κ3) is 4.20. The van der Waals surface area contributed by atoms with Gasteiger partial charge < -0.3 is 14.8 Å². The van der Waals surface area contributed by atoms with Gasteiger partial charge in [0.15, 0.2) is 0 Å². The highest BCUT2D eigenvalue weighted by atomic mass is 79.9. The van der Waals surface area contributed by atoms with Gasteiger partial charge in [0.1, 0.15) is 5.75 Å². The van der Waals surface area contributed by atoms with Gasteiger partial charge in [0.05, 0.1) is 6.61 Å². The average Bonchev–Trinajstić information content (AvgIpc) is 2.58. The molecule has 0 spiro atoms. The van der Waals surface area contributed by atoms with Crippen LogP contribution in [-0.2, 0) is 4.74 Å². The van der Waals surface area contributed by atoms with Gasteiger partial charge in [-0.2, -0.15) is 0 Å². The zero-order valence-electron chi connectivity index (χ0n) is 11.6. The van der Waals surface area contributed by atoms with E-state index < -0.39 is 0 Å². The first-order valence-corrected chi connectivity index (χ1v) is 7.67. The van der Waals surface area contributed by atoms with Gasteiger partial charge in [-0.1, -0.05) is 22.0 Å². The van der Waals surface area contributed by atoms with Crippen LogP contribution in [-0.4, -0.2) is 26.4 Å². The summed E-state index contributed by atoms with van der Waals surface area (Å²) in [6.45, 7) is 3.81. The molecule has 2 rings (SSSR count). The lowest BCUT2D eigenvalue weighted by Gasteiger charge is -2.23. The van der Waals surface area contributed by atoms with Crippen molar-refractivity contribution in [1.82, 2.24) is 5.32 Å². The first kappa shape index (κ1) is 14.8. The van der Waals surface area contributed by atoms with Crippen LogP contribution in [0.25, 0.3) is 0 Å². The van der Waals surface area contributed by atoms with Gasteiger partial charge >= 0.3 is 0 Å². The fourth-order valence-corrected chi connectivity index (χ4v) is 2.78. The lowest BCUT2D eigenvalue weighted by Crippen LogP contribution is -2.31. The number of hydrogen-bond donors (Lipinski definition) is 1. The van der Waals surface area contributed by atoms with Crippen molar-refractivity contribution in [3.05, 3.63) is 28.2 Å². The normalized spacial score (nSPS) is 20.3. The van der Waals surface area contributed by atoms with Crippen LogP contribution in [0, 0.1) is 0 Å². The number of methoxy groups -OCH3 is 1. The Bertz CT molecular complexity index is 411. The molecular weight excluding hydrogens is 306 g/mol. The molecule has 4 heteroatoms. The maximum Gasteiger partial charge on any atom is 0.125 e. The summed E-state index contributed by atoms with van der Waals surface area (Å²) in [6.07, 6.45) is 3.23. The number of rotatable bonds is 5. The second-order valence-electron chi connectivity index (χ2n) is 5.07.